The molecule has 0 saturated heterocycles. The molecule has 0 spiro atoms. The summed E-state index contributed by atoms with van der Waals surface area (Å²) >= 11 is 0. The summed E-state index contributed by atoms with van der Waals surface area (Å²) in [6.45, 7) is 2.73. The Hall–Kier alpha value is -2.94. The van der Waals surface area contributed by atoms with Crippen LogP contribution in [-0.4, -0.2) is 47.1 Å². The smallest absolute Gasteiger partial charge is 0.240 e. The first-order valence-corrected chi connectivity index (χ1v) is 11.6. The second-order valence-corrected chi connectivity index (χ2v) is 8.71. The minimum Gasteiger partial charge on any atom is -0.494 e. The molecule has 0 fully saturated rings. The topological polar surface area (TPSA) is 94.2 Å². The molecule has 0 aromatic heterocycles. The fraction of sp³-hybridized carbons (Fsp3) is 0.381. The van der Waals surface area contributed by atoms with E-state index in [9.17, 15) is 13.2 Å². The number of fused-ring (bicyclic) bond motifs is 1. The molecular weight excluding hydrogens is 408 g/mol. The lowest BCUT2D eigenvalue weighted by atomic mass is 10.1. The predicted molar refractivity (Wildman–Crippen MR) is 114 cm³/mol. The summed E-state index contributed by atoms with van der Waals surface area (Å²) in [4.78, 5) is 12.4. The highest BCUT2D eigenvalue weighted by Gasteiger charge is 2.23. The Balaban J connectivity index is 1.56. The summed E-state index contributed by atoms with van der Waals surface area (Å²) in [5, 5.41) is 2.79. The number of anilines is 1. The van der Waals surface area contributed by atoms with Crippen LogP contribution in [-0.2, 0) is 21.2 Å². The Bertz CT molecular complexity index is 993. The maximum atomic E-state index is 12.4. The summed E-state index contributed by atoms with van der Waals surface area (Å²) in [7, 11) is -3.66. The van der Waals surface area contributed by atoms with Crippen molar-refractivity contribution < 1.29 is 27.4 Å². The molecule has 0 unspecified atom stereocenters. The Morgan fingerprint density at radius 2 is 1.93 bits per heavy atom. The van der Waals surface area contributed by atoms with Crippen LogP contribution in [0.5, 0.6) is 17.2 Å². The van der Waals surface area contributed by atoms with Crippen molar-refractivity contribution in [3.8, 4) is 17.2 Å². The van der Waals surface area contributed by atoms with Crippen LogP contribution in [0.2, 0.25) is 0 Å². The number of benzene rings is 2. The third-order valence-corrected chi connectivity index (χ3v) is 5.69. The number of hydrogen-bond acceptors (Lipinski definition) is 6. The summed E-state index contributed by atoms with van der Waals surface area (Å²) in [5.41, 5.74) is 1.43. The Morgan fingerprint density at radius 1 is 1.17 bits per heavy atom. The number of sulfonamides is 1. The van der Waals surface area contributed by atoms with E-state index >= 15 is 0 Å². The van der Waals surface area contributed by atoms with Crippen molar-refractivity contribution in [2.45, 2.75) is 19.8 Å². The summed E-state index contributed by atoms with van der Waals surface area (Å²) in [6, 6.07) is 12.6. The molecule has 2 aromatic rings. The van der Waals surface area contributed by atoms with E-state index in [0.717, 1.165) is 28.3 Å². The zero-order valence-corrected chi connectivity index (χ0v) is 17.9. The number of nitrogens with zero attached hydrogens (tertiary/aromatic N) is 1. The predicted octanol–water partition coefficient (Wildman–Crippen LogP) is 2.33. The second-order valence-electron chi connectivity index (χ2n) is 6.80. The Morgan fingerprint density at radius 3 is 2.70 bits per heavy atom. The van der Waals surface area contributed by atoms with Crippen LogP contribution in [0.25, 0.3) is 0 Å². The molecule has 0 radical (unpaired) electrons. The minimum absolute atomic E-state index is 0.0879. The highest BCUT2D eigenvalue weighted by Crippen LogP contribution is 2.36. The van der Waals surface area contributed by atoms with Crippen molar-refractivity contribution in [2.75, 3.05) is 37.1 Å². The van der Waals surface area contributed by atoms with E-state index in [4.69, 9.17) is 14.2 Å². The minimum atomic E-state index is -3.66. The molecule has 8 nitrogen and oxygen atoms in total. The van der Waals surface area contributed by atoms with Gasteiger partial charge < -0.3 is 19.5 Å². The van der Waals surface area contributed by atoms with E-state index in [0.29, 0.717) is 36.8 Å². The largest absolute Gasteiger partial charge is 0.494 e. The summed E-state index contributed by atoms with van der Waals surface area (Å²) < 4.78 is 41.7. The van der Waals surface area contributed by atoms with E-state index < -0.39 is 10.0 Å². The number of carbonyl (C=O) groups is 1. The highest BCUT2D eigenvalue weighted by molar-refractivity contribution is 7.92. The Kier molecular flexibility index (Phi) is 7.04. The first kappa shape index (κ1) is 21.8. The third-order valence-electron chi connectivity index (χ3n) is 4.55. The van der Waals surface area contributed by atoms with Gasteiger partial charge in [-0.15, -0.1) is 0 Å². The fourth-order valence-corrected chi connectivity index (χ4v) is 3.99. The second kappa shape index (κ2) is 9.71. The van der Waals surface area contributed by atoms with Crippen LogP contribution in [0.15, 0.2) is 42.5 Å². The van der Waals surface area contributed by atoms with Crippen molar-refractivity contribution >= 4 is 21.6 Å². The number of ether oxygens (including phenoxy) is 3. The number of para-hydroxylation sites is 1. The van der Waals surface area contributed by atoms with Gasteiger partial charge in [0.15, 0.2) is 11.5 Å². The number of amides is 1. The van der Waals surface area contributed by atoms with Crippen molar-refractivity contribution in [1.82, 2.24) is 5.32 Å². The van der Waals surface area contributed by atoms with E-state index in [1.54, 1.807) is 18.2 Å². The zero-order valence-electron chi connectivity index (χ0n) is 17.1. The lowest BCUT2D eigenvalue weighted by Gasteiger charge is -2.22. The van der Waals surface area contributed by atoms with Gasteiger partial charge in [-0.1, -0.05) is 18.2 Å². The molecule has 0 atom stereocenters. The van der Waals surface area contributed by atoms with Crippen LogP contribution in [0.1, 0.15) is 18.9 Å². The molecule has 30 heavy (non-hydrogen) atoms. The summed E-state index contributed by atoms with van der Waals surface area (Å²) in [5.74, 6) is 1.46. The average Bonchev–Trinajstić information content (AvgIpc) is 3.17. The zero-order chi connectivity index (χ0) is 21.6. The monoisotopic (exact) mass is 434 g/mol. The molecule has 2 aromatic carbocycles. The van der Waals surface area contributed by atoms with Gasteiger partial charge in [0.1, 0.15) is 12.3 Å². The fourth-order valence-electron chi connectivity index (χ4n) is 3.14. The van der Waals surface area contributed by atoms with Gasteiger partial charge in [0, 0.05) is 12.6 Å². The van der Waals surface area contributed by atoms with Gasteiger partial charge in [-0.2, -0.15) is 0 Å². The maximum absolute atomic E-state index is 12.4. The molecular formula is C21H26N2O6S. The van der Waals surface area contributed by atoms with Crippen LogP contribution < -0.4 is 23.8 Å². The molecule has 1 aliphatic heterocycles. The number of carbonyl (C=O) groups excluding carboxylic acids is 1. The lowest BCUT2D eigenvalue weighted by molar-refractivity contribution is -0.119. The van der Waals surface area contributed by atoms with Gasteiger partial charge in [0.25, 0.3) is 0 Å². The quantitative estimate of drug-likeness (QED) is 0.577. The van der Waals surface area contributed by atoms with Crippen molar-refractivity contribution in [2.24, 2.45) is 0 Å². The standard InChI is InChI=1S/C21H26N2O6S/c1-3-27-18-9-5-4-7-16(18)8-6-12-22-21(24)14-23(30(2,25)26)17-10-11-19-20(13-17)29-15-28-19/h4-5,7,9-11,13H,3,6,8,12,14-15H2,1-2H3,(H,22,24). The number of rotatable bonds is 10. The van der Waals surface area contributed by atoms with Crippen molar-refractivity contribution in [3.63, 3.8) is 0 Å². The molecule has 0 bridgehead atoms. The number of aryl methyl sites for hydroxylation is 1. The van der Waals surface area contributed by atoms with E-state index in [1.807, 2.05) is 31.2 Å². The molecule has 1 heterocycles. The highest BCUT2D eigenvalue weighted by atomic mass is 32.2. The Labute approximate surface area is 176 Å². The van der Waals surface area contributed by atoms with Crippen LogP contribution >= 0.6 is 0 Å². The van der Waals surface area contributed by atoms with Gasteiger partial charge in [-0.25, -0.2) is 8.42 Å². The first-order chi connectivity index (χ1) is 14.4. The summed E-state index contributed by atoms with van der Waals surface area (Å²) in [6.07, 6.45) is 2.52. The average molecular weight is 435 g/mol. The molecule has 1 aliphatic rings. The van der Waals surface area contributed by atoms with E-state index in [1.165, 1.54) is 0 Å². The van der Waals surface area contributed by atoms with Crippen LogP contribution in [0, 0.1) is 0 Å². The molecule has 9 heteroatoms. The third kappa shape index (κ3) is 5.56. The van der Waals surface area contributed by atoms with Gasteiger partial charge in [-0.05, 0) is 43.5 Å². The van der Waals surface area contributed by atoms with Crippen LogP contribution in [0.4, 0.5) is 5.69 Å². The molecule has 3 rings (SSSR count). The van der Waals surface area contributed by atoms with E-state index in [-0.39, 0.29) is 19.2 Å². The van der Waals surface area contributed by atoms with Crippen molar-refractivity contribution in [1.29, 1.82) is 0 Å². The number of nitrogens with one attached hydrogen (secondary N) is 1. The van der Waals surface area contributed by atoms with Gasteiger partial charge >= 0.3 is 0 Å². The van der Waals surface area contributed by atoms with Gasteiger partial charge in [-0.3, -0.25) is 9.10 Å². The molecule has 1 amide bonds. The lowest BCUT2D eigenvalue weighted by Crippen LogP contribution is -2.40. The van der Waals surface area contributed by atoms with Crippen molar-refractivity contribution in [3.05, 3.63) is 48.0 Å². The molecule has 162 valence electrons. The SMILES string of the molecule is CCOc1ccccc1CCCNC(=O)CN(c1ccc2c(c1)OCO2)S(C)(=O)=O. The first-order valence-electron chi connectivity index (χ1n) is 9.73. The number of hydrogen-bond donors (Lipinski definition) is 1. The normalized spacial score (nSPS) is 12.5. The van der Waals surface area contributed by atoms with Crippen LogP contribution in [0.3, 0.4) is 0 Å². The van der Waals surface area contributed by atoms with Gasteiger partial charge in [0.05, 0.1) is 18.6 Å². The van der Waals surface area contributed by atoms with E-state index in [2.05, 4.69) is 5.32 Å². The van der Waals surface area contributed by atoms with Gasteiger partial charge in [0.2, 0.25) is 22.7 Å². The molecule has 0 aliphatic carbocycles. The molecule has 0 saturated carbocycles. The maximum Gasteiger partial charge on any atom is 0.240 e. The molecule has 1 N–H and O–H groups in total.